The quantitative estimate of drug-likeness (QED) is 0.881. The highest BCUT2D eigenvalue weighted by molar-refractivity contribution is 5.91. The van der Waals surface area contributed by atoms with Crippen molar-refractivity contribution < 1.29 is 13.9 Å². The summed E-state index contributed by atoms with van der Waals surface area (Å²) in [5.74, 6) is 0.583. The van der Waals surface area contributed by atoms with Crippen molar-refractivity contribution in [3.8, 4) is 0 Å². The zero-order valence-corrected chi connectivity index (χ0v) is 10.8. The van der Waals surface area contributed by atoms with Crippen LogP contribution in [0, 0.1) is 6.92 Å². The molecule has 6 nitrogen and oxygen atoms in total. The van der Waals surface area contributed by atoms with Crippen LogP contribution in [-0.2, 0) is 17.9 Å². The van der Waals surface area contributed by atoms with Crippen LogP contribution in [0.2, 0.25) is 0 Å². The number of carbonyl (C=O) groups is 1. The molecule has 0 spiro atoms. The van der Waals surface area contributed by atoms with Crippen molar-refractivity contribution in [2.75, 3.05) is 7.11 Å². The van der Waals surface area contributed by atoms with Gasteiger partial charge in [-0.1, -0.05) is 0 Å². The molecule has 0 bridgehead atoms. The number of hydrogen-bond acceptors (Lipinski definition) is 5. The number of aryl methyl sites for hydroxylation is 1. The van der Waals surface area contributed by atoms with Gasteiger partial charge in [-0.25, -0.2) is 0 Å². The number of hydrogen-bond donors (Lipinski definition) is 1. The summed E-state index contributed by atoms with van der Waals surface area (Å²) >= 11 is 0. The molecule has 2 heterocycles. The van der Waals surface area contributed by atoms with E-state index in [0.29, 0.717) is 24.6 Å². The van der Waals surface area contributed by atoms with Gasteiger partial charge in [0.15, 0.2) is 5.76 Å². The third-order valence-electron chi connectivity index (χ3n) is 2.44. The molecule has 0 saturated carbocycles. The minimum absolute atomic E-state index is 0.257. The lowest BCUT2D eigenvalue weighted by Gasteiger charge is -2.02. The minimum atomic E-state index is -0.287. The topological polar surface area (TPSA) is 77.2 Å². The standard InChI is InChI=1S/C13H15N3O3/c1-9-5-15-10(6-14-9)7-16-13(17)12-4-3-11(19-12)8-18-2/h3-6H,7-8H2,1-2H3,(H,16,17). The van der Waals surface area contributed by atoms with Gasteiger partial charge in [-0.05, 0) is 19.1 Å². The maximum Gasteiger partial charge on any atom is 0.287 e. The SMILES string of the molecule is COCc1ccc(C(=O)NCc2cnc(C)cn2)o1. The molecule has 0 aliphatic carbocycles. The molecule has 0 aromatic carbocycles. The first-order valence-corrected chi connectivity index (χ1v) is 5.82. The third kappa shape index (κ3) is 3.62. The third-order valence-corrected chi connectivity index (χ3v) is 2.44. The molecule has 0 unspecified atom stereocenters. The lowest BCUT2D eigenvalue weighted by molar-refractivity contribution is 0.0914. The molecule has 0 aliphatic heterocycles. The molecule has 100 valence electrons. The summed E-state index contributed by atoms with van der Waals surface area (Å²) in [5, 5.41) is 2.71. The largest absolute Gasteiger partial charge is 0.453 e. The van der Waals surface area contributed by atoms with E-state index in [1.165, 1.54) is 0 Å². The van der Waals surface area contributed by atoms with Gasteiger partial charge in [-0.3, -0.25) is 14.8 Å². The summed E-state index contributed by atoms with van der Waals surface area (Å²) in [6.45, 7) is 2.51. The Hall–Kier alpha value is -2.21. The van der Waals surface area contributed by atoms with Crippen molar-refractivity contribution in [3.05, 3.63) is 47.4 Å². The Morgan fingerprint density at radius 3 is 2.89 bits per heavy atom. The average Bonchev–Trinajstić information content (AvgIpc) is 2.87. The normalized spacial score (nSPS) is 10.4. The number of nitrogens with zero attached hydrogens (tertiary/aromatic N) is 2. The number of aromatic nitrogens is 2. The molecule has 0 fully saturated rings. The average molecular weight is 261 g/mol. The van der Waals surface area contributed by atoms with Crippen molar-refractivity contribution >= 4 is 5.91 Å². The number of carbonyl (C=O) groups excluding carboxylic acids is 1. The van der Waals surface area contributed by atoms with Crippen molar-refractivity contribution in [2.45, 2.75) is 20.1 Å². The highest BCUT2D eigenvalue weighted by Crippen LogP contribution is 2.08. The number of rotatable bonds is 5. The van der Waals surface area contributed by atoms with Crippen LogP contribution in [0.1, 0.15) is 27.7 Å². The maximum absolute atomic E-state index is 11.8. The van der Waals surface area contributed by atoms with E-state index >= 15 is 0 Å². The van der Waals surface area contributed by atoms with Crippen LogP contribution >= 0.6 is 0 Å². The van der Waals surface area contributed by atoms with Crippen molar-refractivity contribution in [1.29, 1.82) is 0 Å². The summed E-state index contributed by atoms with van der Waals surface area (Å²) in [6.07, 6.45) is 3.29. The van der Waals surface area contributed by atoms with Crippen LogP contribution in [0.5, 0.6) is 0 Å². The van der Waals surface area contributed by atoms with Crippen molar-refractivity contribution in [1.82, 2.24) is 15.3 Å². The van der Waals surface area contributed by atoms with Crippen molar-refractivity contribution in [2.24, 2.45) is 0 Å². The smallest absolute Gasteiger partial charge is 0.287 e. The Balaban J connectivity index is 1.91. The van der Waals surface area contributed by atoms with Gasteiger partial charge in [0.05, 0.1) is 24.1 Å². The van der Waals surface area contributed by atoms with Crippen LogP contribution in [-0.4, -0.2) is 23.0 Å². The first-order valence-electron chi connectivity index (χ1n) is 5.82. The monoisotopic (exact) mass is 261 g/mol. The number of amides is 1. The molecule has 0 radical (unpaired) electrons. The number of furan rings is 1. The number of ether oxygens (including phenoxy) is 1. The van der Waals surface area contributed by atoms with E-state index in [1.54, 1.807) is 31.6 Å². The Morgan fingerprint density at radius 1 is 1.37 bits per heavy atom. The highest BCUT2D eigenvalue weighted by Gasteiger charge is 2.11. The van der Waals surface area contributed by atoms with Crippen LogP contribution < -0.4 is 5.32 Å². The predicted molar refractivity (Wildman–Crippen MR) is 67.4 cm³/mol. The first kappa shape index (κ1) is 13.2. The number of nitrogens with one attached hydrogen (secondary N) is 1. The Bertz CT molecular complexity index is 549. The van der Waals surface area contributed by atoms with E-state index in [4.69, 9.17) is 9.15 Å². The maximum atomic E-state index is 11.8. The number of methoxy groups -OCH3 is 1. The van der Waals surface area contributed by atoms with Gasteiger partial charge in [0, 0.05) is 13.3 Å². The molecular formula is C13H15N3O3. The van der Waals surface area contributed by atoms with Crippen LogP contribution in [0.25, 0.3) is 0 Å². The summed E-state index contributed by atoms with van der Waals surface area (Å²) in [7, 11) is 1.57. The second-order valence-electron chi connectivity index (χ2n) is 4.03. The zero-order valence-electron chi connectivity index (χ0n) is 10.8. The summed E-state index contributed by atoms with van der Waals surface area (Å²) < 4.78 is 10.2. The molecule has 6 heteroatoms. The van der Waals surface area contributed by atoms with Crippen LogP contribution in [0.4, 0.5) is 0 Å². The first-order chi connectivity index (χ1) is 9.19. The van der Waals surface area contributed by atoms with Crippen LogP contribution in [0.3, 0.4) is 0 Å². The van der Waals surface area contributed by atoms with E-state index < -0.39 is 0 Å². The summed E-state index contributed by atoms with van der Waals surface area (Å²) in [6, 6.07) is 3.33. The van der Waals surface area contributed by atoms with Gasteiger partial charge in [0.2, 0.25) is 0 Å². The minimum Gasteiger partial charge on any atom is -0.453 e. The predicted octanol–water partition coefficient (Wildman–Crippen LogP) is 1.45. The van der Waals surface area contributed by atoms with Gasteiger partial charge >= 0.3 is 0 Å². The second kappa shape index (κ2) is 6.10. The van der Waals surface area contributed by atoms with E-state index in [0.717, 1.165) is 5.69 Å². The van der Waals surface area contributed by atoms with Gasteiger partial charge in [-0.15, -0.1) is 0 Å². The fourth-order valence-corrected chi connectivity index (χ4v) is 1.49. The Kier molecular flexibility index (Phi) is 4.25. The van der Waals surface area contributed by atoms with E-state index in [9.17, 15) is 4.79 Å². The molecular weight excluding hydrogens is 246 g/mol. The fraction of sp³-hybridized carbons (Fsp3) is 0.308. The lowest BCUT2D eigenvalue weighted by Crippen LogP contribution is -2.22. The van der Waals surface area contributed by atoms with Gasteiger partial charge in [0.25, 0.3) is 5.91 Å². The van der Waals surface area contributed by atoms with Gasteiger partial charge < -0.3 is 14.5 Å². The molecule has 0 saturated heterocycles. The van der Waals surface area contributed by atoms with E-state index in [2.05, 4.69) is 15.3 Å². The molecule has 2 aromatic heterocycles. The Labute approximate surface area is 110 Å². The van der Waals surface area contributed by atoms with Gasteiger partial charge in [-0.2, -0.15) is 0 Å². The van der Waals surface area contributed by atoms with Gasteiger partial charge in [0.1, 0.15) is 12.4 Å². The molecule has 2 aromatic rings. The highest BCUT2D eigenvalue weighted by atomic mass is 16.5. The fourth-order valence-electron chi connectivity index (χ4n) is 1.49. The van der Waals surface area contributed by atoms with Crippen molar-refractivity contribution in [3.63, 3.8) is 0 Å². The Morgan fingerprint density at radius 2 is 2.21 bits per heavy atom. The molecule has 1 amide bonds. The molecule has 19 heavy (non-hydrogen) atoms. The zero-order chi connectivity index (χ0) is 13.7. The lowest BCUT2D eigenvalue weighted by atomic mass is 10.3. The van der Waals surface area contributed by atoms with E-state index in [-0.39, 0.29) is 11.7 Å². The van der Waals surface area contributed by atoms with Crippen LogP contribution in [0.15, 0.2) is 28.9 Å². The molecule has 2 rings (SSSR count). The molecule has 0 atom stereocenters. The summed E-state index contributed by atoms with van der Waals surface area (Å²) in [4.78, 5) is 20.1. The second-order valence-corrected chi connectivity index (χ2v) is 4.03. The molecule has 0 aliphatic rings. The molecule has 1 N–H and O–H groups in total. The van der Waals surface area contributed by atoms with E-state index in [1.807, 2.05) is 6.92 Å². The summed E-state index contributed by atoms with van der Waals surface area (Å²) in [5.41, 5.74) is 1.54.